The van der Waals surface area contributed by atoms with Gasteiger partial charge < -0.3 is 15.2 Å². The number of rotatable bonds is 5. The van der Waals surface area contributed by atoms with E-state index in [0.29, 0.717) is 23.3 Å². The monoisotopic (exact) mass is 308 g/mol. The number of para-hydroxylation sites is 1. The topological polar surface area (TPSA) is 71.5 Å². The van der Waals surface area contributed by atoms with Gasteiger partial charge in [0.05, 0.1) is 17.7 Å². The molecule has 1 heterocycles. The summed E-state index contributed by atoms with van der Waals surface area (Å²) in [6, 6.07) is 16.2. The molecule has 0 bridgehead atoms. The Bertz CT molecular complexity index is 845. The number of ether oxygens (including phenoxy) is 1. The van der Waals surface area contributed by atoms with Crippen molar-refractivity contribution >= 4 is 28.4 Å². The maximum atomic E-state index is 11.5. The molecule has 2 N–H and O–H groups in total. The minimum Gasteiger partial charge on any atom is -0.494 e. The molecule has 5 nitrogen and oxygen atoms in total. The van der Waals surface area contributed by atoms with Crippen molar-refractivity contribution in [3.63, 3.8) is 0 Å². The summed E-state index contributed by atoms with van der Waals surface area (Å²) in [5.74, 6) is 0.305. The van der Waals surface area contributed by atoms with Gasteiger partial charge in [-0.3, -0.25) is 0 Å². The second-order valence-electron chi connectivity index (χ2n) is 4.96. The molecule has 0 aliphatic carbocycles. The van der Waals surface area contributed by atoms with Crippen molar-refractivity contribution in [3.8, 4) is 5.75 Å². The fourth-order valence-electron chi connectivity index (χ4n) is 2.37. The van der Waals surface area contributed by atoms with Gasteiger partial charge in [0, 0.05) is 11.1 Å². The summed E-state index contributed by atoms with van der Waals surface area (Å²) in [4.78, 5) is 15.9. The number of aromatic nitrogens is 1. The number of pyridine rings is 1. The molecule has 0 amide bonds. The van der Waals surface area contributed by atoms with E-state index in [1.165, 1.54) is 0 Å². The van der Waals surface area contributed by atoms with Gasteiger partial charge in [-0.05, 0) is 43.3 Å². The maximum absolute atomic E-state index is 11.5. The number of anilines is 2. The molecule has 3 aromatic rings. The molecular formula is C18H16N2O3. The van der Waals surface area contributed by atoms with E-state index in [0.717, 1.165) is 11.4 Å². The lowest BCUT2D eigenvalue weighted by Gasteiger charge is -2.10. The zero-order chi connectivity index (χ0) is 16.2. The van der Waals surface area contributed by atoms with Gasteiger partial charge in [-0.1, -0.05) is 18.2 Å². The normalized spacial score (nSPS) is 10.5. The number of nitrogens with one attached hydrogen (secondary N) is 1. The minimum atomic E-state index is -0.974. The highest BCUT2D eigenvalue weighted by molar-refractivity contribution is 6.03. The maximum Gasteiger partial charge on any atom is 0.336 e. The van der Waals surface area contributed by atoms with Crippen LogP contribution in [0.3, 0.4) is 0 Å². The first-order valence-corrected chi connectivity index (χ1v) is 7.30. The molecule has 116 valence electrons. The Morgan fingerprint density at radius 3 is 2.61 bits per heavy atom. The molecule has 0 aliphatic heterocycles. The van der Waals surface area contributed by atoms with E-state index >= 15 is 0 Å². The molecule has 0 unspecified atom stereocenters. The van der Waals surface area contributed by atoms with Gasteiger partial charge >= 0.3 is 5.97 Å². The minimum absolute atomic E-state index is 0.226. The number of fused-ring (bicyclic) bond motifs is 1. The van der Waals surface area contributed by atoms with Crippen molar-refractivity contribution in [2.45, 2.75) is 6.92 Å². The molecule has 0 radical (unpaired) electrons. The summed E-state index contributed by atoms with van der Waals surface area (Å²) >= 11 is 0. The molecule has 5 heteroatoms. The standard InChI is InChI=1S/C18H16N2O3/c1-2-23-13-9-7-12(8-10-13)19-17-11-15(18(21)22)14-5-3-4-6-16(14)20-17/h3-11H,2H2,1H3,(H,19,20)(H,21,22). The summed E-state index contributed by atoms with van der Waals surface area (Å²) in [5, 5.41) is 13.1. The van der Waals surface area contributed by atoms with Gasteiger partial charge in [-0.25, -0.2) is 9.78 Å². The molecule has 1 aromatic heterocycles. The smallest absolute Gasteiger partial charge is 0.336 e. The Balaban J connectivity index is 1.95. The van der Waals surface area contributed by atoms with Crippen LogP contribution in [0.5, 0.6) is 5.75 Å². The highest BCUT2D eigenvalue weighted by Crippen LogP contribution is 2.24. The fourth-order valence-corrected chi connectivity index (χ4v) is 2.37. The zero-order valence-corrected chi connectivity index (χ0v) is 12.6. The van der Waals surface area contributed by atoms with Gasteiger partial charge in [0.25, 0.3) is 0 Å². The van der Waals surface area contributed by atoms with Crippen LogP contribution in [0.4, 0.5) is 11.5 Å². The molecule has 3 rings (SSSR count). The van der Waals surface area contributed by atoms with Gasteiger partial charge in [0.2, 0.25) is 0 Å². The van der Waals surface area contributed by atoms with Crippen LogP contribution in [0.1, 0.15) is 17.3 Å². The quantitative estimate of drug-likeness (QED) is 0.743. The van der Waals surface area contributed by atoms with Crippen LogP contribution in [0.25, 0.3) is 10.9 Å². The summed E-state index contributed by atoms with van der Waals surface area (Å²) < 4.78 is 5.40. The first-order chi connectivity index (χ1) is 11.2. The van der Waals surface area contributed by atoms with E-state index < -0.39 is 5.97 Å². The molecule has 0 saturated heterocycles. The van der Waals surface area contributed by atoms with Crippen LogP contribution in [0, 0.1) is 0 Å². The summed E-state index contributed by atoms with van der Waals surface area (Å²) in [7, 11) is 0. The molecule has 23 heavy (non-hydrogen) atoms. The van der Waals surface area contributed by atoms with Crippen molar-refractivity contribution in [2.24, 2.45) is 0 Å². The lowest BCUT2D eigenvalue weighted by atomic mass is 10.1. The van der Waals surface area contributed by atoms with Gasteiger partial charge in [0.1, 0.15) is 11.6 Å². The van der Waals surface area contributed by atoms with E-state index in [-0.39, 0.29) is 5.56 Å². The SMILES string of the molecule is CCOc1ccc(Nc2cc(C(=O)O)c3ccccc3n2)cc1. The van der Waals surface area contributed by atoms with Crippen LogP contribution in [0.15, 0.2) is 54.6 Å². The number of carboxylic acids is 1. The van der Waals surface area contributed by atoms with Gasteiger partial charge in [-0.15, -0.1) is 0 Å². The molecule has 0 saturated carbocycles. The number of benzene rings is 2. The van der Waals surface area contributed by atoms with E-state index in [1.807, 2.05) is 37.3 Å². The van der Waals surface area contributed by atoms with Crippen molar-refractivity contribution in [3.05, 3.63) is 60.2 Å². The van der Waals surface area contributed by atoms with Crippen LogP contribution in [0.2, 0.25) is 0 Å². The first-order valence-electron chi connectivity index (χ1n) is 7.30. The third kappa shape index (κ3) is 3.23. The van der Waals surface area contributed by atoms with E-state index in [2.05, 4.69) is 10.3 Å². The Kier molecular flexibility index (Phi) is 4.10. The predicted octanol–water partition coefficient (Wildman–Crippen LogP) is 4.08. The average Bonchev–Trinajstić information content (AvgIpc) is 2.56. The highest BCUT2D eigenvalue weighted by atomic mass is 16.5. The van der Waals surface area contributed by atoms with Gasteiger partial charge in [-0.2, -0.15) is 0 Å². The van der Waals surface area contributed by atoms with E-state index in [1.54, 1.807) is 24.3 Å². The van der Waals surface area contributed by atoms with Crippen molar-refractivity contribution < 1.29 is 14.6 Å². The zero-order valence-electron chi connectivity index (χ0n) is 12.6. The van der Waals surface area contributed by atoms with Gasteiger partial charge in [0.15, 0.2) is 0 Å². The number of carboxylic acid groups (broad SMARTS) is 1. The fraction of sp³-hybridized carbons (Fsp3) is 0.111. The first kappa shape index (κ1) is 14.8. The van der Waals surface area contributed by atoms with Crippen molar-refractivity contribution in [1.29, 1.82) is 0 Å². The van der Waals surface area contributed by atoms with Crippen LogP contribution in [-0.2, 0) is 0 Å². The summed E-state index contributed by atoms with van der Waals surface area (Å²) in [6.07, 6.45) is 0. The summed E-state index contributed by atoms with van der Waals surface area (Å²) in [5.41, 5.74) is 1.68. The van der Waals surface area contributed by atoms with E-state index in [4.69, 9.17) is 4.74 Å². The van der Waals surface area contributed by atoms with Crippen LogP contribution < -0.4 is 10.1 Å². The second-order valence-corrected chi connectivity index (χ2v) is 4.96. The molecule has 0 fully saturated rings. The predicted molar refractivity (Wildman–Crippen MR) is 89.6 cm³/mol. The largest absolute Gasteiger partial charge is 0.494 e. The number of hydrogen-bond acceptors (Lipinski definition) is 4. The number of nitrogens with zero attached hydrogens (tertiary/aromatic N) is 1. The van der Waals surface area contributed by atoms with Crippen molar-refractivity contribution in [1.82, 2.24) is 4.98 Å². The Hall–Kier alpha value is -3.08. The van der Waals surface area contributed by atoms with E-state index in [9.17, 15) is 9.90 Å². The van der Waals surface area contributed by atoms with Crippen LogP contribution in [-0.4, -0.2) is 22.7 Å². The second kappa shape index (κ2) is 6.36. The molecule has 2 aromatic carbocycles. The molecular weight excluding hydrogens is 292 g/mol. The highest BCUT2D eigenvalue weighted by Gasteiger charge is 2.11. The number of hydrogen-bond donors (Lipinski definition) is 2. The molecule has 0 spiro atoms. The Morgan fingerprint density at radius 1 is 1.17 bits per heavy atom. The Morgan fingerprint density at radius 2 is 1.91 bits per heavy atom. The lowest BCUT2D eigenvalue weighted by molar-refractivity contribution is 0.0699. The van der Waals surface area contributed by atoms with Crippen LogP contribution >= 0.6 is 0 Å². The summed E-state index contributed by atoms with van der Waals surface area (Å²) in [6.45, 7) is 2.54. The lowest BCUT2D eigenvalue weighted by Crippen LogP contribution is -2.02. The average molecular weight is 308 g/mol. The molecule has 0 atom stereocenters. The number of aromatic carboxylic acids is 1. The molecule has 0 aliphatic rings. The number of carbonyl (C=O) groups is 1. The third-order valence-corrected chi connectivity index (χ3v) is 3.38. The Labute approximate surface area is 133 Å². The van der Waals surface area contributed by atoms with Crippen molar-refractivity contribution in [2.75, 3.05) is 11.9 Å². The third-order valence-electron chi connectivity index (χ3n) is 3.38.